The summed E-state index contributed by atoms with van der Waals surface area (Å²) in [6, 6.07) is 7.30. The molecule has 1 aliphatic heterocycles. The van der Waals surface area contributed by atoms with Gasteiger partial charge in [0.1, 0.15) is 24.0 Å². The molecule has 18 heavy (non-hydrogen) atoms. The summed E-state index contributed by atoms with van der Waals surface area (Å²) in [5.74, 6) is 0.637. The number of nitrogens with two attached hydrogens (primary N) is 1. The molecule has 0 aliphatic carbocycles. The molecule has 0 unspecified atom stereocenters. The van der Waals surface area contributed by atoms with E-state index in [-0.39, 0.29) is 6.09 Å². The van der Waals surface area contributed by atoms with E-state index < -0.39 is 0 Å². The van der Waals surface area contributed by atoms with Gasteiger partial charge in [-0.15, -0.1) is 0 Å². The number of cyclic esters (lactones) is 1. The normalized spacial score (nSPS) is 14.4. The van der Waals surface area contributed by atoms with E-state index in [2.05, 4.69) is 0 Å². The Labute approximate surface area is 110 Å². The summed E-state index contributed by atoms with van der Waals surface area (Å²) in [6.45, 7) is 1.93. The van der Waals surface area contributed by atoms with Crippen LogP contribution in [0.1, 0.15) is 5.56 Å². The Hall–Kier alpha value is -1.82. The molecule has 0 spiro atoms. The van der Waals surface area contributed by atoms with Crippen molar-refractivity contribution in [3.63, 3.8) is 0 Å². The number of benzene rings is 1. The second-order valence-electron chi connectivity index (χ2n) is 3.81. The summed E-state index contributed by atoms with van der Waals surface area (Å²) < 4.78 is 10.4. The summed E-state index contributed by atoms with van der Waals surface area (Å²) in [5.41, 5.74) is 6.30. The zero-order valence-corrected chi connectivity index (χ0v) is 10.6. The third-order valence-corrected chi connectivity index (χ3v) is 2.84. The van der Waals surface area contributed by atoms with Crippen LogP contribution in [0, 0.1) is 0 Å². The van der Waals surface area contributed by atoms with Gasteiger partial charge in [-0.25, -0.2) is 4.79 Å². The molecular formula is C12H14N2O3S. The number of hydrogen-bond acceptors (Lipinski definition) is 4. The zero-order valence-electron chi connectivity index (χ0n) is 9.80. The van der Waals surface area contributed by atoms with Crippen molar-refractivity contribution in [3.8, 4) is 5.75 Å². The maximum absolute atomic E-state index is 11.2. The van der Waals surface area contributed by atoms with Crippen molar-refractivity contribution in [1.82, 2.24) is 4.90 Å². The molecule has 2 rings (SSSR count). The first-order valence-corrected chi connectivity index (χ1v) is 6.02. The lowest BCUT2D eigenvalue weighted by atomic mass is 10.2. The Morgan fingerprint density at radius 1 is 1.50 bits per heavy atom. The van der Waals surface area contributed by atoms with Gasteiger partial charge in [-0.3, -0.25) is 0 Å². The molecule has 6 heteroatoms. The van der Waals surface area contributed by atoms with Gasteiger partial charge in [0.25, 0.3) is 0 Å². The van der Waals surface area contributed by atoms with E-state index in [1.54, 1.807) is 11.0 Å². The summed E-state index contributed by atoms with van der Waals surface area (Å²) in [7, 11) is 0. The Morgan fingerprint density at radius 2 is 2.28 bits per heavy atom. The third-order valence-electron chi connectivity index (χ3n) is 2.62. The Kier molecular flexibility index (Phi) is 3.99. The van der Waals surface area contributed by atoms with E-state index in [1.807, 2.05) is 18.2 Å². The zero-order chi connectivity index (χ0) is 13.0. The Morgan fingerprint density at radius 3 is 2.94 bits per heavy atom. The lowest BCUT2D eigenvalue weighted by Gasteiger charge is -2.14. The van der Waals surface area contributed by atoms with Gasteiger partial charge in [-0.05, 0) is 12.1 Å². The van der Waals surface area contributed by atoms with Gasteiger partial charge in [0.05, 0.1) is 18.7 Å². The van der Waals surface area contributed by atoms with E-state index in [0.29, 0.717) is 42.6 Å². The van der Waals surface area contributed by atoms with Crippen LogP contribution in [0.4, 0.5) is 4.79 Å². The standard InChI is InChI=1S/C12H14N2O3S/c13-11(18)9-3-1-2-4-10(9)16-7-5-14-6-8-17-12(14)15/h1-4H,5-8H2,(H2,13,18). The highest BCUT2D eigenvalue weighted by Crippen LogP contribution is 2.17. The number of carbonyl (C=O) groups is 1. The lowest BCUT2D eigenvalue weighted by Crippen LogP contribution is -2.29. The fourth-order valence-corrected chi connectivity index (χ4v) is 1.86. The molecule has 0 saturated carbocycles. The highest BCUT2D eigenvalue weighted by molar-refractivity contribution is 7.80. The summed E-state index contributed by atoms with van der Waals surface area (Å²) in [5, 5.41) is 0. The predicted octanol–water partition coefficient (Wildman–Crippen LogP) is 1.15. The van der Waals surface area contributed by atoms with Crippen molar-refractivity contribution in [1.29, 1.82) is 0 Å². The van der Waals surface area contributed by atoms with Gasteiger partial charge in [-0.1, -0.05) is 24.4 Å². The molecule has 1 aromatic carbocycles. The quantitative estimate of drug-likeness (QED) is 0.810. The largest absolute Gasteiger partial charge is 0.491 e. The fourth-order valence-electron chi connectivity index (χ4n) is 1.69. The minimum Gasteiger partial charge on any atom is -0.491 e. The molecule has 1 aliphatic rings. The Balaban J connectivity index is 1.90. The first-order valence-electron chi connectivity index (χ1n) is 5.62. The van der Waals surface area contributed by atoms with Crippen LogP contribution in [-0.4, -0.2) is 42.3 Å². The number of hydrogen-bond donors (Lipinski definition) is 1. The van der Waals surface area contributed by atoms with Gasteiger partial charge < -0.3 is 20.1 Å². The molecule has 0 atom stereocenters. The molecule has 2 N–H and O–H groups in total. The number of nitrogens with zero attached hydrogens (tertiary/aromatic N) is 1. The van der Waals surface area contributed by atoms with E-state index in [1.165, 1.54) is 0 Å². The predicted molar refractivity (Wildman–Crippen MR) is 70.7 cm³/mol. The minimum atomic E-state index is -0.291. The van der Waals surface area contributed by atoms with Gasteiger partial charge in [0.2, 0.25) is 0 Å². The monoisotopic (exact) mass is 266 g/mol. The second-order valence-corrected chi connectivity index (χ2v) is 4.25. The molecule has 0 aromatic heterocycles. The van der Waals surface area contributed by atoms with Crippen molar-refractivity contribution >= 4 is 23.3 Å². The first-order chi connectivity index (χ1) is 8.68. The van der Waals surface area contributed by atoms with Crippen LogP contribution < -0.4 is 10.5 Å². The van der Waals surface area contributed by atoms with Crippen molar-refractivity contribution in [2.24, 2.45) is 5.73 Å². The van der Waals surface area contributed by atoms with Gasteiger partial charge >= 0.3 is 6.09 Å². The van der Waals surface area contributed by atoms with Gasteiger partial charge in [0.15, 0.2) is 0 Å². The molecule has 1 saturated heterocycles. The van der Waals surface area contributed by atoms with Crippen LogP contribution in [0.15, 0.2) is 24.3 Å². The van der Waals surface area contributed by atoms with Crippen LogP contribution in [0.2, 0.25) is 0 Å². The number of amides is 1. The number of ether oxygens (including phenoxy) is 2. The van der Waals surface area contributed by atoms with E-state index in [9.17, 15) is 4.79 Å². The van der Waals surface area contributed by atoms with Crippen LogP contribution in [0.25, 0.3) is 0 Å². The molecular weight excluding hydrogens is 252 g/mol. The summed E-state index contributed by atoms with van der Waals surface area (Å²) in [6.07, 6.45) is -0.291. The van der Waals surface area contributed by atoms with E-state index >= 15 is 0 Å². The highest BCUT2D eigenvalue weighted by Gasteiger charge is 2.21. The number of rotatable bonds is 5. The van der Waals surface area contributed by atoms with Crippen molar-refractivity contribution in [3.05, 3.63) is 29.8 Å². The third kappa shape index (κ3) is 2.89. The molecule has 1 amide bonds. The molecule has 5 nitrogen and oxygen atoms in total. The molecule has 1 heterocycles. The van der Waals surface area contributed by atoms with Crippen LogP contribution in [0.5, 0.6) is 5.75 Å². The average molecular weight is 266 g/mol. The van der Waals surface area contributed by atoms with Crippen molar-refractivity contribution in [2.75, 3.05) is 26.3 Å². The van der Waals surface area contributed by atoms with Gasteiger partial charge in [-0.2, -0.15) is 0 Å². The van der Waals surface area contributed by atoms with Crippen LogP contribution >= 0.6 is 12.2 Å². The van der Waals surface area contributed by atoms with Gasteiger partial charge in [0, 0.05) is 0 Å². The average Bonchev–Trinajstić information content (AvgIpc) is 2.76. The van der Waals surface area contributed by atoms with E-state index in [4.69, 9.17) is 27.4 Å². The fraction of sp³-hybridized carbons (Fsp3) is 0.333. The number of thiocarbonyl (C=S) groups is 1. The second kappa shape index (κ2) is 5.68. The Bertz CT molecular complexity index is 464. The lowest BCUT2D eigenvalue weighted by molar-refractivity contribution is 0.153. The molecule has 0 bridgehead atoms. The maximum atomic E-state index is 11.2. The van der Waals surface area contributed by atoms with Crippen LogP contribution in [0.3, 0.4) is 0 Å². The summed E-state index contributed by atoms with van der Waals surface area (Å²) >= 11 is 4.94. The molecule has 96 valence electrons. The summed E-state index contributed by atoms with van der Waals surface area (Å²) in [4.78, 5) is 13.1. The minimum absolute atomic E-state index is 0.291. The molecule has 1 aromatic rings. The smallest absolute Gasteiger partial charge is 0.410 e. The van der Waals surface area contributed by atoms with E-state index in [0.717, 1.165) is 0 Å². The maximum Gasteiger partial charge on any atom is 0.410 e. The highest BCUT2D eigenvalue weighted by atomic mass is 32.1. The molecule has 1 fully saturated rings. The topological polar surface area (TPSA) is 64.8 Å². The first kappa shape index (κ1) is 12.6. The van der Waals surface area contributed by atoms with Crippen molar-refractivity contribution < 1.29 is 14.3 Å². The van der Waals surface area contributed by atoms with Crippen LogP contribution in [-0.2, 0) is 4.74 Å². The van der Waals surface area contributed by atoms with Crippen molar-refractivity contribution in [2.45, 2.75) is 0 Å². The molecule has 0 radical (unpaired) electrons. The number of carbonyl (C=O) groups excluding carboxylic acids is 1. The number of para-hydroxylation sites is 1. The SMILES string of the molecule is NC(=S)c1ccccc1OCCN1CCOC1=O.